The highest BCUT2D eigenvalue weighted by atomic mass is 16.4. The van der Waals surface area contributed by atoms with E-state index in [9.17, 15) is 19.5 Å². The highest BCUT2D eigenvalue weighted by molar-refractivity contribution is 5.89. The van der Waals surface area contributed by atoms with Gasteiger partial charge in [-0.15, -0.1) is 0 Å². The molecule has 0 aliphatic rings. The van der Waals surface area contributed by atoms with Crippen molar-refractivity contribution in [2.75, 3.05) is 6.54 Å². The van der Waals surface area contributed by atoms with Crippen molar-refractivity contribution in [3.05, 3.63) is 59.9 Å². The number of aliphatic carboxylic acids is 2. The van der Waals surface area contributed by atoms with E-state index >= 15 is 0 Å². The summed E-state index contributed by atoms with van der Waals surface area (Å²) in [5, 5.41) is 24.8. The molecule has 0 spiro atoms. The predicted molar refractivity (Wildman–Crippen MR) is 107 cm³/mol. The fraction of sp³-hybridized carbons (Fsp3) is 0.333. The average molecular weight is 399 g/mol. The van der Waals surface area contributed by atoms with Crippen LogP contribution in [0.3, 0.4) is 0 Å². The lowest BCUT2D eigenvalue weighted by Gasteiger charge is -2.17. The van der Waals surface area contributed by atoms with Gasteiger partial charge in [-0.2, -0.15) is 5.10 Å². The Morgan fingerprint density at radius 3 is 2.48 bits per heavy atom. The van der Waals surface area contributed by atoms with Gasteiger partial charge in [0.25, 0.3) is 0 Å². The minimum atomic E-state index is -1.15. The number of unbranched alkanes of at least 4 members (excludes halogenated alkanes) is 1. The number of benzene rings is 1. The number of hydrogen-bond donors (Lipinski definition) is 3. The van der Waals surface area contributed by atoms with Crippen LogP contribution in [0.4, 0.5) is 0 Å². The Morgan fingerprint density at radius 1 is 1.21 bits per heavy atom. The first-order valence-electron chi connectivity index (χ1n) is 9.41. The number of nitrogens with zero attached hydrogens (tertiary/aromatic N) is 2. The summed E-state index contributed by atoms with van der Waals surface area (Å²) >= 11 is 0. The van der Waals surface area contributed by atoms with E-state index < -0.39 is 30.3 Å². The van der Waals surface area contributed by atoms with Crippen LogP contribution in [0.15, 0.2) is 54.4 Å². The van der Waals surface area contributed by atoms with E-state index in [0.29, 0.717) is 12.8 Å². The number of carbonyl (C=O) groups excluding carboxylic acids is 1. The van der Waals surface area contributed by atoms with Crippen molar-refractivity contribution < 1.29 is 24.6 Å². The summed E-state index contributed by atoms with van der Waals surface area (Å²) in [6.45, 7) is 1.43. The molecule has 1 atom stereocenters. The number of carbonyl (C=O) groups is 3. The molecule has 1 aromatic heterocycles. The van der Waals surface area contributed by atoms with E-state index in [4.69, 9.17) is 5.11 Å². The average Bonchev–Trinajstić information content (AvgIpc) is 3.23. The fourth-order valence-electron chi connectivity index (χ4n) is 2.90. The summed E-state index contributed by atoms with van der Waals surface area (Å²) in [4.78, 5) is 34.9. The van der Waals surface area contributed by atoms with Gasteiger partial charge in [0.05, 0.1) is 5.69 Å². The summed E-state index contributed by atoms with van der Waals surface area (Å²) in [7, 11) is 0. The molecule has 0 radical (unpaired) electrons. The number of carboxylic acids is 2. The zero-order valence-corrected chi connectivity index (χ0v) is 16.2. The second-order valence-corrected chi connectivity index (χ2v) is 6.66. The number of aromatic nitrogens is 2. The molecule has 0 unspecified atom stereocenters. The zero-order valence-electron chi connectivity index (χ0n) is 16.2. The molecule has 0 aliphatic heterocycles. The Hall–Kier alpha value is -3.42. The SMILES string of the molecule is CCC/C=C(/C[C@@H](Cc1ccc(-n2cccn2)cc1)C(=O)NCC(=O)O)C(=O)O. The van der Waals surface area contributed by atoms with Gasteiger partial charge in [-0.1, -0.05) is 31.6 Å². The quantitative estimate of drug-likeness (QED) is 0.499. The summed E-state index contributed by atoms with van der Waals surface area (Å²) in [6, 6.07) is 9.24. The van der Waals surface area contributed by atoms with Gasteiger partial charge < -0.3 is 15.5 Å². The number of allylic oxidation sites excluding steroid dienone is 1. The molecule has 0 aliphatic carbocycles. The van der Waals surface area contributed by atoms with Gasteiger partial charge in [0.2, 0.25) is 5.91 Å². The van der Waals surface area contributed by atoms with Gasteiger partial charge in [0, 0.05) is 23.9 Å². The molecule has 0 fully saturated rings. The monoisotopic (exact) mass is 399 g/mol. The van der Waals surface area contributed by atoms with Crippen molar-refractivity contribution >= 4 is 17.8 Å². The zero-order chi connectivity index (χ0) is 21.2. The van der Waals surface area contributed by atoms with Crippen molar-refractivity contribution in [3.8, 4) is 5.69 Å². The second kappa shape index (κ2) is 10.8. The molecule has 154 valence electrons. The van der Waals surface area contributed by atoms with Crippen molar-refractivity contribution in [1.82, 2.24) is 15.1 Å². The molecule has 8 heteroatoms. The summed E-state index contributed by atoms with van der Waals surface area (Å²) in [6.07, 6.45) is 6.83. The third-order valence-electron chi connectivity index (χ3n) is 4.39. The Morgan fingerprint density at radius 2 is 1.93 bits per heavy atom. The first-order valence-corrected chi connectivity index (χ1v) is 9.41. The lowest BCUT2D eigenvalue weighted by molar-refractivity contribution is -0.138. The van der Waals surface area contributed by atoms with Crippen molar-refractivity contribution in [1.29, 1.82) is 0 Å². The third-order valence-corrected chi connectivity index (χ3v) is 4.39. The van der Waals surface area contributed by atoms with Gasteiger partial charge in [-0.05, 0) is 43.0 Å². The second-order valence-electron chi connectivity index (χ2n) is 6.66. The lowest BCUT2D eigenvalue weighted by Crippen LogP contribution is -2.36. The summed E-state index contributed by atoms with van der Waals surface area (Å²) in [5.74, 6) is -3.39. The molecular weight excluding hydrogens is 374 g/mol. The molecule has 3 N–H and O–H groups in total. The Bertz CT molecular complexity index is 857. The largest absolute Gasteiger partial charge is 0.480 e. The van der Waals surface area contributed by atoms with Gasteiger partial charge in [-0.25, -0.2) is 9.48 Å². The lowest BCUT2D eigenvalue weighted by atomic mass is 9.91. The summed E-state index contributed by atoms with van der Waals surface area (Å²) in [5.41, 5.74) is 1.87. The first-order chi connectivity index (χ1) is 13.9. The van der Waals surface area contributed by atoms with Crippen LogP contribution < -0.4 is 5.32 Å². The minimum absolute atomic E-state index is 0.0295. The van der Waals surface area contributed by atoms with E-state index in [1.807, 2.05) is 43.5 Å². The van der Waals surface area contributed by atoms with Crippen molar-refractivity contribution in [3.63, 3.8) is 0 Å². The Kier molecular flexibility index (Phi) is 8.14. The Balaban J connectivity index is 2.18. The molecule has 2 aromatic rings. The molecule has 8 nitrogen and oxygen atoms in total. The van der Waals surface area contributed by atoms with Gasteiger partial charge >= 0.3 is 11.9 Å². The van der Waals surface area contributed by atoms with Crippen LogP contribution in [0, 0.1) is 5.92 Å². The van der Waals surface area contributed by atoms with E-state index in [0.717, 1.165) is 17.7 Å². The van der Waals surface area contributed by atoms with Crippen LogP contribution in [-0.4, -0.2) is 44.4 Å². The first kappa shape index (κ1) is 21.9. The maximum absolute atomic E-state index is 12.5. The smallest absolute Gasteiger partial charge is 0.331 e. The maximum atomic E-state index is 12.5. The van der Waals surface area contributed by atoms with Crippen molar-refractivity contribution in [2.45, 2.75) is 32.6 Å². The number of carboxylic acid groups (broad SMARTS) is 2. The number of nitrogens with one attached hydrogen (secondary N) is 1. The van der Waals surface area contributed by atoms with Crippen LogP contribution in [0.5, 0.6) is 0 Å². The maximum Gasteiger partial charge on any atom is 0.331 e. The molecular formula is C21H25N3O5. The molecule has 0 saturated heterocycles. The number of rotatable bonds is 11. The van der Waals surface area contributed by atoms with Crippen LogP contribution >= 0.6 is 0 Å². The van der Waals surface area contributed by atoms with Crippen LogP contribution in [0.1, 0.15) is 31.7 Å². The molecule has 1 heterocycles. The van der Waals surface area contributed by atoms with Crippen LogP contribution in [0.25, 0.3) is 5.69 Å². The van der Waals surface area contributed by atoms with E-state index in [2.05, 4.69) is 10.4 Å². The van der Waals surface area contributed by atoms with Gasteiger partial charge in [-0.3, -0.25) is 9.59 Å². The van der Waals surface area contributed by atoms with Crippen LogP contribution in [-0.2, 0) is 20.8 Å². The molecule has 2 rings (SSSR count). The summed E-state index contributed by atoms with van der Waals surface area (Å²) < 4.78 is 1.71. The predicted octanol–water partition coefficient (Wildman–Crippen LogP) is 2.43. The standard InChI is InChI=1S/C21H25N3O5/c1-2-3-5-16(21(28)29)13-17(20(27)22-14-19(25)26)12-15-6-8-18(9-7-15)24-11-4-10-23-24/h4-11,17H,2-3,12-14H2,1H3,(H,22,27)(H,25,26)(H,28,29)/b16-5-/t17-/m1/s1. The highest BCUT2D eigenvalue weighted by Crippen LogP contribution is 2.20. The highest BCUT2D eigenvalue weighted by Gasteiger charge is 2.23. The van der Waals surface area contributed by atoms with E-state index in [1.165, 1.54) is 0 Å². The molecule has 1 aromatic carbocycles. The third kappa shape index (κ3) is 6.91. The topological polar surface area (TPSA) is 122 Å². The van der Waals surface area contributed by atoms with E-state index in [1.54, 1.807) is 17.0 Å². The number of hydrogen-bond acceptors (Lipinski definition) is 4. The fourth-order valence-corrected chi connectivity index (χ4v) is 2.90. The molecule has 0 bridgehead atoms. The number of amides is 1. The Labute approximate surface area is 168 Å². The molecule has 29 heavy (non-hydrogen) atoms. The minimum Gasteiger partial charge on any atom is -0.480 e. The molecule has 0 saturated carbocycles. The van der Waals surface area contributed by atoms with E-state index in [-0.39, 0.29) is 12.0 Å². The van der Waals surface area contributed by atoms with Gasteiger partial charge in [0.15, 0.2) is 0 Å². The van der Waals surface area contributed by atoms with Crippen LogP contribution in [0.2, 0.25) is 0 Å². The van der Waals surface area contributed by atoms with Gasteiger partial charge in [0.1, 0.15) is 6.54 Å². The van der Waals surface area contributed by atoms with Crippen molar-refractivity contribution in [2.24, 2.45) is 5.92 Å². The normalized spacial score (nSPS) is 12.4. The molecule has 1 amide bonds.